The second kappa shape index (κ2) is 7.05. The van der Waals surface area contributed by atoms with Crippen LogP contribution in [-0.2, 0) is 11.2 Å². The van der Waals surface area contributed by atoms with Crippen molar-refractivity contribution in [2.75, 3.05) is 25.0 Å². The molecule has 0 radical (unpaired) electrons. The number of carbonyl (C=O) groups excluding carboxylic acids is 1. The van der Waals surface area contributed by atoms with Crippen LogP contribution in [0.4, 0.5) is 5.69 Å². The van der Waals surface area contributed by atoms with Gasteiger partial charge in [0.1, 0.15) is 0 Å². The fourth-order valence-corrected chi connectivity index (χ4v) is 2.97. The highest BCUT2D eigenvalue weighted by Gasteiger charge is 2.40. The molecule has 2 N–H and O–H groups in total. The van der Waals surface area contributed by atoms with Crippen molar-refractivity contribution in [3.05, 3.63) is 29.8 Å². The molecule has 1 aliphatic heterocycles. The number of aliphatic hydroxyl groups is 1. The largest absolute Gasteiger partial charge is 0.387 e. The fourth-order valence-electron chi connectivity index (χ4n) is 2.97. The lowest BCUT2D eigenvalue weighted by molar-refractivity contribution is -0.129. The summed E-state index contributed by atoms with van der Waals surface area (Å²) in [4.78, 5) is 13.9. The third-order valence-corrected chi connectivity index (χ3v) is 3.89. The van der Waals surface area contributed by atoms with Crippen molar-refractivity contribution in [2.45, 2.75) is 45.1 Å². The molecular weight excluding hydrogens is 264 g/mol. The maximum absolute atomic E-state index is 12.0. The first-order chi connectivity index (χ1) is 10.0. The van der Waals surface area contributed by atoms with E-state index in [0.717, 1.165) is 31.4 Å². The molecule has 1 aliphatic rings. The van der Waals surface area contributed by atoms with E-state index in [2.05, 4.69) is 31.3 Å². The number of aryl methyl sites for hydroxylation is 1. The maximum Gasteiger partial charge on any atom is 0.238 e. The van der Waals surface area contributed by atoms with Crippen LogP contribution < -0.4 is 5.32 Å². The van der Waals surface area contributed by atoms with Gasteiger partial charge in [-0.25, -0.2) is 0 Å². The van der Waals surface area contributed by atoms with E-state index in [4.69, 9.17) is 0 Å². The zero-order valence-corrected chi connectivity index (χ0v) is 13.1. The normalized spacial score (nSPS) is 17.3. The van der Waals surface area contributed by atoms with E-state index < -0.39 is 5.60 Å². The van der Waals surface area contributed by atoms with Crippen molar-refractivity contribution in [1.29, 1.82) is 0 Å². The number of carbonyl (C=O) groups is 1. The predicted octanol–water partition coefficient (Wildman–Crippen LogP) is 2.42. The smallest absolute Gasteiger partial charge is 0.238 e. The summed E-state index contributed by atoms with van der Waals surface area (Å²) < 4.78 is 0. The van der Waals surface area contributed by atoms with Gasteiger partial charge < -0.3 is 10.4 Å². The van der Waals surface area contributed by atoms with Crippen molar-refractivity contribution < 1.29 is 9.90 Å². The molecule has 4 heteroatoms. The lowest BCUT2D eigenvalue weighted by Gasteiger charge is -2.46. The number of nitrogens with one attached hydrogen (secondary N) is 1. The van der Waals surface area contributed by atoms with Gasteiger partial charge in [-0.1, -0.05) is 38.8 Å². The van der Waals surface area contributed by atoms with E-state index in [1.165, 1.54) is 5.56 Å². The number of anilines is 1. The molecule has 1 amide bonds. The Hall–Kier alpha value is -1.39. The minimum atomic E-state index is -0.573. The van der Waals surface area contributed by atoms with E-state index in [-0.39, 0.29) is 5.91 Å². The summed E-state index contributed by atoms with van der Waals surface area (Å²) >= 11 is 0. The fraction of sp³-hybridized carbons (Fsp3) is 0.588. The Kier molecular flexibility index (Phi) is 5.37. The molecular formula is C17H26N2O2. The van der Waals surface area contributed by atoms with Gasteiger partial charge in [0.2, 0.25) is 5.91 Å². The number of rotatable bonds is 7. The minimum Gasteiger partial charge on any atom is -0.387 e. The number of nitrogens with zero attached hydrogens (tertiary/aromatic N) is 1. The van der Waals surface area contributed by atoms with E-state index in [1.807, 2.05) is 17.0 Å². The van der Waals surface area contributed by atoms with Gasteiger partial charge in [0.15, 0.2) is 0 Å². The Bertz CT molecular complexity index is 464. The monoisotopic (exact) mass is 290 g/mol. The molecule has 0 saturated carbocycles. The van der Waals surface area contributed by atoms with Gasteiger partial charge in [-0.05, 0) is 30.5 Å². The van der Waals surface area contributed by atoms with Crippen molar-refractivity contribution in [3.8, 4) is 0 Å². The molecule has 1 saturated heterocycles. The molecule has 0 bridgehead atoms. The summed E-state index contributed by atoms with van der Waals surface area (Å²) in [6.45, 7) is 5.77. The molecule has 1 aromatic carbocycles. The van der Waals surface area contributed by atoms with Crippen molar-refractivity contribution in [1.82, 2.24) is 4.90 Å². The molecule has 21 heavy (non-hydrogen) atoms. The zero-order chi connectivity index (χ0) is 15.3. The minimum absolute atomic E-state index is 0.0169. The zero-order valence-electron chi connectivity index (χ0n) is 13.1. The SMILES string of the molecule is CCCc1ccc(NC(=O)CN2CC(O)(CCC)C2)cc1. The summed E-state index contributed by atoms with van der Waals surface area (Å²) in [5.41, 5.74) is 1.56. The van der Waals surface area contributed by atoms with Crippen LogP contribution >= 0.6 is 0 Å². The molecule has 0 unspecified atom stereocenters. The predicted molar refractivity (Wildman–Crippen MR) is 85.4 cm³/mol. The third kappa shape index (κ3) is 4.55. The first-order valence-electron chi connectivity index (χ1n) is 7.88. The van der Waals surface area contributed by atoms with Crippen LogP contribution in [0.15, 0.2) is 24.3 Å². The van der Waals surface area contributed by atoms with Gasteiger partial charge in [0, 0.05) is 18.8 Å². The number of hydrogen-bond donors (Lipinski definition) is 2. The van der Waals surface area contributed by atoms with Crippen molar-refractivity contribution in [2.24, 2.45) is 0 Å². The topological polar surface area (TPSA) is 52.6 Å². The molecule has 0 spiro atoms. The molecule has 2 rings (SSSR count). The highest BCUT2D eigenvalue weighted by atomic mass is 16.3. The van der Waals surface area contributed by atoms with Gasteiger partial charge in [-0.15, -0.1) is 0 Å². The Morgan fingerprint density at radius 2 is 1.90 bits per heavy atom. The standard InChI is InChI=1S/C17H26N2O2/c1-3-5-14-6-8-15(9-7-14)18-16(20)11-19-12-17(21,13-19)10-4-2/h6-9,21H,3-5,10-13H2,1-2H3,(H,18,20). The van der Waals surface area contributed by atoms with Gasteiger partial charge in [0.25, 0.3) is 0 Å². The number of hydrogen-bond acceptors (Lipinski definition) is 3. The number of amides is 1. The lowest BCUT2D eigenvalue weighted by Crippen LogP contribution is -2.62. The molecule has 4 nitrogen and oxygen atoms in total. The van der Waals surface area contributed by atoms with E-state index in [1.54, 1.807) is 0 Å². The lowest BCUT2D eigenvalue weighted by atomic mass is 9.89. The van der Waals surface area contributed by atoms with Crippen LogP contribution in [0.25, 0.3) is 0 Å². The summed E-state index contributed by atoms with van der Waals surface area (Å²) in [6.07, 6.45) is 3.98. The number of likely N-dealkylation sites (tertiary alicyclic amines) is 1. The average Bonchev–Trinajstić information content (AvgIpc) is 2.40. The van der Waals surface area contributed by atoms with E-state index in [9.17, 15) is 9.90 Å². The highest BCUT2D eigenvalue weighted by Crippen LogP contribution is 2.25. The molecule has 1 aromatic rings. The van der Waals surface area contributed by atoms with Crippen LogP contribution in [0.1, 0.15) is 38.7 Å². The summed E-state index contributed by atoms with van der Waals surface area (Å²) in [7, 11) is 0. The average molecular weight is 290 g/mol. The quantitative estimate of drug-likeness (QED) is 0.811. The Morgan fingerprint density at radius 1 is 1.24 bits per heavy atom. The molecule has 1 fully saturated rings. The Morgan fingerprint density at radius 3 is 2.48 bits per heavy atom. The van der Waals surface area contributed by atoms with E-state index >= 15 is 0 Å². The summed E-state index contributed by atoms with van der Waals surface area (Å²) in [5.74, 6) is -0.0169. The van der Waals surface area contributed by atoms with E-state index in [0.29, 0.717) is 19.6 Å². The van der Waals surface area contributed by atoms with Crippen LogP contribution in [0.5, 0.6) is 0 Å². The van der Waals surface area contributed by atoms with Gasteiger partial charge in [-0.2, -0.15) is 0 Å². The van der Waals surface area contributed by atoms with Crippen LogP contribution in [0, 0.1) is 0 Å². The highest BCUT2D eigenvalue weighted by molar-refractivity contribution is 5.92. The van der Waals surface area contributed by atoms with Crippen LogP contribution in [0.3, 0.4) is 0 Å². The molecule has 116 valence electrons. The van der Waals surface area contributed by atoms with Gasteiger partial charge in [0.05, 0.1) is 12.1 Å². The summed E-state index contributed by atoms with van der Waals surface area (Å²) in [6, 6.07) is 8.02. The maximum atomic E-state index is 12.0. The molecule has 0 atom stereocenters. The third-order valence-electron chi connectivity index (χ3n) is 3.89. The first-order valence-corrected chi connectivity index (χ1v) is 7.88. The van der Waals surface area contributed by atoms with Gasteiger partial charge >= 0.3 is 0 Å². The van der Waals surface area contributed by atoms with Crippen LogP contribution in [0.2, 0.25) is 0 Å². The number of benzene rings is 1. The molecule has 1 heterocycles. The summed E-state index contributed by atoms with van der Waals surface area (Å²) in [5, 5.41) is 13.0. The second-order valence-electron chi connectivity index (χ2n) is 6.11. The van der Waals surface area contributed by atoms with Gasteiger partial charge in [-0.3, -0.25) is 9.69 Å². The Labute approximate surface area is 127 Å². The molecule has 0 aliphatic carbocycles. The number of β-amino-alcohol motifs (C(OH)–C–C–N with tert-alkyl or cyclic N) is 1. The molecule has 0 aromatic heterocycles. The van der Waals surface area contributed by atoms with Crippen LogP contribution in [-0.4, -0.2) is 41.1 Å². The first kappa shape index (κ1) is 16.0. The second-order valence-corrected chi connectivity index (χ2v) is 6.11. The van der Waals surface area contributed by atoms with Crippen molar-refractivity contribution >= 4 is 11.6 Å². The van der Waals surface area contributed by atoms with Crippen molar-refractivity contribution in [3.63, 3.8) is 0 Å². The Balaban J connectivity index is 1.75.